The summed E-state index contributed by atoms with van der Waals surface area (Å²) in [6, 6.07) is 14.6. The molecule has 0 bridgehead atoms. The van der Waals surface area contributed by atoms with Gasteiger partial charge in [-0.15, -0.1) is 0 Å². The van der Waals surface area contributed by atoms with Crippen LogP contribution in [0.2, 0.25) is 0 Å². The van der Waals surface area contributed by atoms with E-state index >= 15 is 0 Å². The molecule has 1 fully saturated rings. The first-order chi connectivity index (χ1) is 20.0. The van der Waals surface area contributed by atoms with Gasteiger partial charge in [-0.05, 0) is 24.6 Å². The highest BCUT2D eigenvalue weighted by molar-refractivity contribution is 7.52. The van der Waals surface area contributed by atoms with E-state index in [0.29, 0.717) is 16.3 Å². The third-order valence-electron chi connectivity index (χ3n) is 6.10. The standard InChI is InChI=1S/C26H27F3N3O9P/c1-15(25(35)38-14-16-8-4-2-5-9-16)31-42(37,40-17-10-6-3-7-11-17)41-22(23(28)29)21-19(33)12-20(39-21)32-13-18(27)24(34)30-26(32)36/h2-11,13,15,19-23,33H,12,14H2,1H3,(H,31,37)(H,30,34,36)/t15-,19-,20+,21-,22-,42-/m0/s1. The van der Waals surface area contributed by atoms with Crippen LogP contribution in [-0.2, 0) is 30.0 Å². The van der Waals surface area contributed by atoms with E-state index in [1.807, 2.05) is 0 Å². The summed E-state index contributed by atoms with van der Waals surface area (Å²) in [6.45, 7) is 1.13. The average Bonchev–Trinajstić information content (AvgIpc) is 3.33. The van der Waals surface area contributed by atoms with Crippen molar-refractivity contribution in [2.24, 2.45) is 0 Å². The number of nitrogens with zero attached hydrogens (tertiary/aromatic N) is 1. The molecule has 2 aromatic carbocycles. The number of hydrogen-bond acceptors (Lipinski definition) is 9. The second-order valence-electron chi connectivity index (χ2n) is 9.25. The highest BCUT2D eigenvalue weighted by atomic mass is 31.2. The van der Waals surface area contributed by atoms with Crippen LogP contribution in [0.15, 0.2) is 76.4 Å². The number of carbonyl (C=O) groups excluding carboxylic acids is 1. The molecule has 4 rings (SSSR count). The van der Waals surface area contributed by atoms with Crippen LogP contribution < -0.4 is 20.9 Å². The largest absolute Gasteiger partial charge is 0.460 e. The second-order valence-corrected chi connectivity index (χ2v) is 10.9. The van der Waals surface area contributed by atoms with Gasteiger partial charge < -0.3 is 19.1 Å². The number of carbonyl (C=O) groups is 1. The number of ether oxygens (including phenoxy) is 2. The van der Waals surface area contributed by atoms with Gasteiger partial charge in [0, 0.05) is 6.42 Å². The number of nitrogens with one attached hydrogen (secondary N) is 2. The summed E-state index contributed by atoms with van der Waals surface area (Å²) >= 11 is 0. The van der Waals surface area contributed by atoms with E-state index in [9.17, 15) is 37.2 Å². The van der Waals surface area contributed by atoms with Gasteiger partial charge in [-0.2, -0.15) is 9.48 Å². The number of halogens is 3. The van der Waals surface area contributed by atoms with Gasteiger partial charge >= 0.3 is 19.4 Å². The maximum atomic E-state index is 14.3. The zero-order chi connectivity index (χ0) is 30.4. The molecule has 0 saturated carbocycles. The van der Waals surface area contributed by atoms with E-state index < -0.39 is 74.2 Å². The molecule has 12 nitrogen and oxygen atoms in total. The molecule has 226 valence electrons. The summed E-state index contributed by atoms with van der Waals surface area (Å²) in [7, 11) is -4.85. The Kier molecular flexibility index (Phi) is 10.0. The number of aliphatic hydroxyl groups is 1. The number of aliphatic hydroxyl groups excluding tert-OH is 1. The predicted octanol–water partition coefficient (Wildman–Crippen LogP) is 2.88. The number of hydrogen-bond donors (Lipinski definition) is 3. The normalized spacial score (nSPS) is 21.4. The first-order valence-electron chi connectivity index (χ1n) is 12.6. The van der Waals surface area contributed by atoms with E-state index in [0.717, 1.165) is 0 Å². The van der Waals surface area contributed by atoms with Crippen LogP contribution in [0.5, 0.6) is 5.75 Å². The van der Waals surface area contributed by atoms with E-state index in [4.69, 9.17) is 18.5 Å². The van der Waals surface area contributed by atoms with E-state index in [-0.39, 0.29) is 12.4 Å². The lowest BCUT2D eigenvalue weighted by Gasteiger charge is -2.30. The fourth-order valence-corrected chi connectivity index (χ4v) is 5.74. The number of para-hydroxylation sites is 1. The molecule has 6 atom stereocenters. The molecule has 1 aromatic heterocycles. The fourth-order valence-electron chi connectivity index (χ4n) is 4.07. The van der Waals surface area contributed by atoms with Crippen LogP contribution in [0, 0.1) is 5.82 Å². The molecule has 2 heterocycles. The maximum absolute atomic E-state index is 14.3. The fraction of sp³-hybridized carbons (Fsp3) is 0.346. The Hall–Kier alpha value is -3.75. The molecule has 1 aliphatic heterocycles. The Morgan fingerprint density at radius 2 is 1.81 bits per heavy atom. The third kappa shape index (κ3) is 7.75. The van der Waals surface area contributed by atoms with Gasteiger partial charge in [0.25, 0.3) is 12.0 Å². The van der Waals surface area contributed by atoms with Crippen molar-refractivity contribution in [3.05, 3.63) is 99.1 Å². The van der Waals surface area contributed by atoms with E-state index in [1.54, 1.807) is 41.4 Å². The molecule has 0 spiro atoms. The van der Waals surface area contributed by atoms with Crippen molar-refractivity contribution >= 4 is 13.7 Å². The number of esters is 1. The Balaban J connectivity index is 1.55. The van der Waals surface area contributed by atoms with Crippen molar-refractivity contribution in [1.82, 2.24) is 14.6 Å². The van der Waals surface area contributed by atoms with Crippen molar-refractivity contribution in [1.29, 1.82) is 0 Å². The van der Waals surface area contributed by atoms with Crippen molar-refractivity contribution in [3.63, 3.8) is 0 Å². The molecule has 42 heavy (non-hydrogen) atoms. The zero-order valence-corrected chi connectivity index (χ0v) is 22.9. The number of H-pyrrole nitrogens is 1. The summed E-state index contributed by atoms with van der Waals surface area (Å²) < 4.78 is 78.2. The third-order valence-corrected chi connectivity index (χ3v) is 7.78. The minimum Gasteiger partial charge on any atom is -0.460 e. The first-order valence-corrected chi connectivity index (χ1v) is 14.1. The van der Waals surface area contributed by atoms with Crippen LogP contribution in [-0.4, -0.2) is 51.4 Å². The monoisotopic (exact) mass is 613 g/mol. The molecule has 3 N–H and O–H groups in total. The SMILES string of the molecule is C[C@H](N[P@](=O)(Oc1ccccc1)O[C@H](C(F)F)[C@H]1O[C@@H](n2cc(F)c(=O)[nH]c2=O)C[C@@H]1O)C(=O)OCc1ccccc1. The van der Waals surface area contributed by atoms with Gasteiger partial charge in [-0.25, -0.2) is 18.1 Å². The predicted molar refractivity (Wildman–Crippen MR) is 140 cm³/mol. The Morgan fingerprint density at radius 3 is 2.45 bits per heavy atom. The minimum absolute atomic E-state index is 0.0627. The smallest absolute Gasteiger partial charge is 0.460 e. The Morgan fingerprint density at radius 1 is 1.17 bits per heavy atom. The number of aromatic amines is 1. The number of benzene rings is 2. The first kappa shape index (κ1) is 31.2. The maximum Gasteiger partial charge on any atom is 0.460 e. The van der Waals surface area contributed by atoms with Gasteiger partial charge in [-0.1, -0.05) is 48.5 Å². The molecule has 3 aromatic rings. The van der Waals surface area contributed by atoms with Gasteiger partial charge in [0.2, 0.25) is 5.82 Å². The quantitative estimate of drug-likeness (QED) is 0.205. The lowest BCUT2D eigenvalue weighted by molar-refractivity contribution is -0.146. The summed E-state index contributed by atoms with van der Waals surface area (Å²) in [6.07, 6.45) is -10.9. The molecule has 0 amide bonds. The van der Waals surface area contributed by atoms with Crippen molar-refractivity contribution in [2.45, 2.75) is 57.0 Å². The van der Waals surface area contributed by atoms with E-state index in [1.165, 1.54) is 31.2 Å². The van der Waals surface area contributed by atoms with Gasteiger partial charge in [0.15, 0.2) is 6.10 Å². The molecule has 0 unspecified atom stereocenters. The lowest BCUT2D eigenvalue weighted by atomic mass is 10.1. The number of rotatable bonds is 12. The number of aromatic nitrogens is 2. The number of alkyl halides is 2. The van der Waals surface area contributed by atoms with Crippen LogP contribution in [0.3, 0.4) is 0 Å². The average molecular weight is 613 g/mol. The summed E-state index contributed by atoms with van der Waals surface area (Å²) in [4.78, 5) is 37.8. The molecular formula is C26H27F3N3O9P. The van der Waals surface area contributed by atoms with Crippen molar-refractivity contribution < 1.29 is 46.2 Å². The zero-order valence-electron chi connectivity index (χ0n) is 22.0. The summed E-state index contributed by atoms with van der Waals surface area (Å²) in [5, 5.41) is 12.8. The lowest BCUT2D eigenvalue weighted by Crippen LogP contribution is -2.44. The van der Waals surface area contributed by atoms with Crippen molar-refractivity contribution in [2.75, 3.05) is 0 Å². The minimum atomic E-state index is -4.85. The topological polar surface area (TPSA) is 158 Å². The Labute approximate surface area is 236 Å². The van der Waals surface area contributed by atoms with Gasteiger partial charge in [-0.3, -0.25) is 23.7 Å². The molecule has 0 radical (unpaired) electrons. The molecule has 16 heteroatoms. The molecule has 0 aliphatic carbocycles. The molecule has 1 saturated heterocycles. The summed E-state index contributed by atoms with van der Waals surface area (Å²) in [5.74, 6) is -2.31. The molecule has 1 aliphatic rings. The van der Waals surface area contributed by atoms with Crippen molar-refractivity contribution in [3.8, 4) is 5.75 Å². The van der Waals surface area contributed by atoms with Gasteiger partial charge in [0.1, 0.15) is 30.7 Å². The summed E-state index contributed by atoms with van der Waals surface area (Å²) in [5.41, 5.74) is -1.75. The van der Waals surface area contributed by atoms with Crippen LogP contribution in [0.4, 0.5) is 13.2 Å². The van der Waals surface area contributed by atoms with Gasteiger partial charge in [0.05, 0.1) is 12.3 Å². The van der Waals surface area contributed by atoms with Crippen LogP contribution in [0.25, 0.3) is 0 Å². The highest BCUT2D eigenvalue weighted by Gasteiger charge is 2.49. The van der Waals surface area contributed by atoms with Crippen LogP contribution in [0.1, 0.15) is 25.1 Å². The Bertz CT molecular complexity index is 1520. The van der Waals surface area contributed by atoms with E-state index in [2.05, 4.69) is 5.09 Å². The van der Waals surface area contributed by atoms with Crippen LogP contribution >= 0.6 is 7.75 Å². The highest BCUT2D eigenvalue weighted by Crippen LogP contribution is 2.49. The molecular weight excluding hydrogens is 586 g/mol. The second kappa shape index (κ2) is 13.5.